The summed E-state index contributed by atoms with van der Waals surface area (Å²) in [6, 6.07) is 8.24. The topological polar surface area (TPSA) is 32.3 Å². The number of carbonyl (C=O) groups excluding carboxylic acids is 1. The summed E-state index contributed by atoms with van der Waals surface area (Å²) in [5.74, 6) is 0.209. The summed E-state index contributed by atoms with van der Waals surface area (Å²) >= 11 is 3.45. The first-order chi connectivity index (χ1) is 7.75. The van der Waals surface area contributed by atoms with E-state index in [9.17, 15) is 4.79 Å². The van der Waals surface area contributed by atoms with Crippen LogP contribution in [0.4, 0.5) is 0 Å². The van der Waals surface area contributed by atoms with Crippen LogP contribution in [-0.2, 0) is 11.2 Å². The van der Waals surface area contributed by atoms with Crippen molar-refractivity contribution in [2.24, 2.45) is 0 Å². The minimum atomic E-state index is 0.209. The Balaban J connectivity index is 1.89. The van der Waals surface area contributed by atoms with E-state index in [0.717, 1.165) is 30.5 Å². The lowest BCUT2D eigenvalue weighted by molar-refractivity contribution is -0.131. The van der Waals surface area contributed by atoms with Crippen molar-refractivity contribution in [2.75, 3.05) is 26.2 Å². The van der Waals surface area contributed by atoms with E-state index in [4.69, 9.17) is 0 Å². The molecule has 2 rings (SSSR count). The lowest BCUT2D eigenvalue weighted by Gasteiger charge is -2.27. The third kappa shape index (κ3) is 3.06. The van der Waals surface area contributed by atoms with E-state index < -0.39 is 0 Å². The van der Waals surface area contributed by atoms with Crippen molar-refractivity contribution in [2.45, 2.75) is 6.42 Å². The molecule has 0 unspecified atom stereocenters. The number of amides is 1. The zero-order valence-corrected chi connectivity index (χ0v) is 10.7. The second-order valence-corrected chi connectivity index (χ2v) is 4.85. The molecule has 1 aliphatic heterocycles. The normalized spacial score (nSPS) is 16.6. The third-order valence-corrected chi connectivity index (χ3v) is 3.24. The lowest BCUT2D eigenvalue weighted by atomic mass is 10.1. The van der Waals surface area contributed by atoms with Gasteiger partial charge in [0.1, 0.15) is 0 Å². The van der Waals surface area contributed by atoms with Gasteiger partial charge < -0.3 is 10.2 Å². The molecule has 0 radical (unpaired) electrons. The molecule has 1 saturated heterocycles. The lowest BCUT2D eigenvalue weighted by Crippen LogP contribution is -2.48. The van der Waals surface area contributed by atoms with Gasteiger partial charge in [0, 0.05) is 24.1 Å². The summed E-state index contributed by atoms with van der Waals surface area (Å²) in [5, 5.41) is 3.07. The first-order valence-corrected chi connectivity index (χ1v) is 6.28. The van der Waals surface area contributed by atoms with Gasteiger partial charge in [-0.05, 0) is 24.1 Å². The Kier molecular flexibility index (Phi) is 3.96. The van der Waals surface area contributed by atoms with Crippen molar-refractivity contribution in [1.29, 1.82) is 0 Å². The predicted molar refractivity (Wildman–Crippen MR) is 67.3 cm³/mol. The van der Waals surface area contributed by atoms with Crippen LogP contribution in [0, 0.1) is 0 Å². The Morgan fingerprint density at radius 3 is 3.06 bits per heavy atom. The molecule has 0 atom stereocenters. The second kappa shape index (κ2) is 5.46. The van der Waals surface area contributed by atoms with Crippen LogP contribution < -0.4 is 5.32 Å². The van der Waals surface area contributed by atoms with Gasteiger partial charge in [0.05, 0.1) is 6.54 Å². The van der Waals surface area contributed by atoms with Crippen LogP contribution in [0.2, 0.25) is 0 Å². The second-order valence-electron chi connectivity index (χ2n) is 3.94. The van der Waals surface area contributed by atoms with Crippen LogP contribution in [0.3, 0.4) is 0 Å². The first-order valence-electron chi connectivity index (χ1n) is 5.48. The molecule has 0 bridgehead atoms. The summed E-state index contributed by atoms with van der Waals surface area (Å²) in [6.07, 6.45) is 0.922. The van der Waals surface area contributed by atoms with Crippen LogP contribution in [0.25, 0.3) is 0 Å². The van der Waals surface area contributed by atoms with E-state index in [1.807, 2.05) is 17.0 Å². The van der Waals surface area contributed by atoms with Gasteiger partial charge >= 0.3 is 0 Å². The molecule has 1 aromatic rings. The van der Waals surface area contributed by atoms with Gasteiger partial charge in [0.2, 0.25) is 5.91 Å². The van der Waals surface area contributed by atoms with Crippen molar-refractivity contribution in [3.05, 3.63) is 34.3 Å². The number of hydrogen-bond donors (Lipinski definition) is 1. The molecule has 1 amide bonds. The average molecular weight is 283 g/mol. The van der Waals surface area contributed by atoms with Crippen molar-refractivity contribution >= 4 is 21.8 Å². The molecule has 0 aliphatic carbocycles. The number of nitrogens with zero attached hydrogens (tertiary/aromatic N) is 1. The summed E-state index contributed by atoms with van der Waals surface area (Å²) < 4.78 is 1.09. The SMILES string of the molecule is O=C1CNCCN1CCc1cccc(Br)c1. The average Bonchev–Trinajstić information content (AvgIpc) is 2.28. The molecule has 1 aliphatic rings. The highest BCUT2D eigenvalue weighted by Gasteiger charge is 2.16. The fraction of sp³-hybridized carbons (Fsp3) is 0.417. The molecule has 16 heavy (non-hydrogen) atoms. The van der Waals surface area contributed by atoms with Crippen molar-refractivity contribution in [3.8, 4) is 0 Å². The van der Waals surface area contributed by atoms with Crippen molar-refractivity contribution in [1.82, 2.24) is 10.2 Å². The molecule has 3 nitrogen and oxygen atoms in total. The standard InChI is InChI=1S/C12H15BrN2O/c13-11-3-1-2-10(8-11)4-6-15-7-5-14-9-12(15)16/h1-3,8,14H,4-7,9H2. The first kappa shape index (κ1) is 11.6. The third-order valence-electron chi connectivity index (χ3n) is 2.75. The minimum absolute atomic E-state index is 0.209. The van der Waals surface area contributed by atoms with Crippen LogP contribution in [-0.4, -0.2) is 37.0 Å². The van der Waals surface area contributed by atoms with Gasteiger partial charge in [-0.25, -0.2) is 0 Å². The summed E-state index contributed by atoms with van der Waals surface area (Å²) in [6.45, 7) is 3.03. The number of piperazine rings is 1. The minimum Gasteiger partial charge on any atom is -0.340 e. The fourth-order valence-electron chi connectivity index (χ4n) is 1.84. The number of benzene rings is 1. The van der Waals surface area contributed by atoms with E-state index in [1.54, 1.807) is 0 Å². The smallest absolute Gasteiger partial charge is 0.236 e. The van der Waals surface area contributed by atoms with Crippen LogP contribution in [0.15, 0.2) is 28.7 Å². The van der Waals surface area contributed by atoms with E-state index in [2.05, 4.69) is 33.4 Å². The highest BCUT2D eigenvalue weighted by Crippen LogP contribution is 2.12. The molecule has 0 saturated carbocycles. The molecule has 4 heteroatoms. The summed E-state index contributed by atoms with van der Waals surface area (Å²) in [7, 11) is 0. The molecule has 0 spiro atoms. The fourth-order valence-corrected chi connectivity index (χ4v) is 2.29. The van der Waals surface area contributed by atoms with Crippen LogP contribution >= 0.6 is 15.9 Å². The Hall–Kier alpha value is -0.870. The zero-order chi connectivity index (χ0) is 11.4. The zero-order valence-electron chi connectivity index (χ0n) is 9.08. The Morgan fingerprint density at radius 1 is 1.44 bits per heavy atom. The molecular weight excluding hydrogens is 268 g/mol. The van der Waals surface area contributed by atoms with E-state index in [-0.39, 0.29) is 5.91 Å². The van der Waals surface area contributed by atoms with Gasteiger partial charge in [-0.3, -0.25) is 4.79 Å². The van der Waals surface area contributed by atoms with Crippen molar-refractivity contribution in [3.63, 3.8) is 0 Å². The maximum absolute atomic E-state index is 11.5. The molecule has 1 heterocycles. The Morgan fingerprint density at radius 2 is 2.31 bits per heavy atom. The van der Waals surface area contributed by atoms with Gasteiger partial charge in [-0.1, -0.05) is 28.1 Å². The molecular formula is C12H15BrN2O. The Bertz CT molecular complexity index is 381. The van der Waals surface area contributed by atoms with E-state index >= 15 is 0 Å². The van der Waals surface area contributed by atoms with Crippen LogP contribution in [0.1, 0.15) is 5.56 Å². The summed E-state index contributed by atoms with van der Waals surface area (Å²) in [4.78, 5) is 13.5. The maximum atomic E-state index is 11.5. The van der Waals surface area contributed by atoms with Gasteiger partial charge in [0.25, 0.3) is 0 Å². The molecule has 0 aromatic heterocycles. The Labute approximate surface area is 104 Å². The van der Waals surface area contributed by atoms with Gasteiger partial charge in [-0.2, -0.15) is 0 Å². The number of hydrogen-bond acceptors (Lipinski definition) is 2. The monoisotopic (exact) mass is 282 g/mol. The van der Waals surface area contributed by atoms with Gasteiger partial charge in [0.15, 0.2) is 0 Å². The van der Waals surface area contributed by atoms with E-state index in [1.165, 1.54) is 5.56 Å². The summed E-state index contributed by atoms with van der Waals surface area (Å²) in [5.41, 5.74) is 1.26. The largest absolute Gasteiger partial charge is 0.340 e. The quantitative estimate of drug-likeness (QED) is 0.910. The van der Waals surface area contributed by atoms with E-state index in [0.29, 0.717) is 6.54 Å². The highest BCUT2D eigenvalue weighted by atomic mass is 79.9. The predicted octanol–water partition coefficient (Wildman–Crippen LogP) is 1.42. The number of nitrogens with one attached hydrogen (secondary N) is 1. The number of carbonyl (C=O) groups is 1. The molecule has 1 N–H and O–H groups in total. The molecule has 86 valence electrons. The highest BCUT2D eigenvalue weighted by molar-refractivity contribution is 9.10. The number of rotatable bonds is 3. The molecule has 1 aromatic carbocycles. The maximum Gasteiger partial charge on any atom is 0.236 e. The van der Waals surface area contributed by atoms with Crippen LogP contribution in [0.5, 0.6) is 0 Å². The molecule has 1 fully saturated rings. The van der Waals surface area contributed by atoms with Crippen molar-refractivity contribution < 1.29 is 4.79 Å². The van der Waals surface area contributed by atoms with Gasteiger partial charge in [-0.15, -0.1) is 0 Å². The number of halogens is 1.